The summed E-state index contributed by atoms with van der Waals surface area (Å²) in [4.78, 5) is 13.9. The maximum absolute atomic E-state index is 14.5. The minimum absolute atomic E-state index is 0.0642. The summed E-state index contributed by atoms with van der Waals surface area (Å²) >= 11 is 6.46. The number of benzene rings is 3. The van der Waals surface area contributed by atoms with Crippen LogP contribution in [0.25, 0.3) is 11.1 Å². The summed E-state index contributed by atoms with van der Waals surface area (Å²) < 4.78 is 33.2. The van der Waals surface area contributed by atoms with Crippen molar-refractivity contribution in [3.8, 4) is 5.75 Å². The van der Waals surface area contributed by atoms with E-state index in [-0.39, 0.29) is 23.4 Å². The molecule has 38 heavy (non-hydrogen) atoms. The molecule has 1 unspecified atom stereocenters. The van der Waals surface area contributed by atoms with E-state index in [1.807, 2.05) is 36.4 Å². The number of halogens is 3. The van der Waals surface area contributed by atoms with E-state index in [0.29, 0.717) is 24.8 Å². The van der Waals surface area contributed by atoms with Gasteiger partial charge in [0.1, 0.15) is 17.7 Å². The van der Waals surface area contributed by atoms with E-state index in [4.69, 9.17) is 16.3 Å². The van der Waals surface area contributed by atoms with Gasteiger partial charge in [-0.25, -0.2) is 9.18 Å². The lowest BCUT2D eigenvalue weighted by atomic mass is 9.87. The van der Waals surface area contributed by atoms with Crippen LogP contribution in [0.1, 0.15) is 58.3 Å². The molecule has 0 saturated carbocycles. The van der Waals surface area contributed by atoms with Gasteiger partial charge in [-0.3, -0.25) is 9.29 Å². The summed E-state index contributed by atoms with van der Waals surface area (Å²) in [6, 6.07) is 17.9. The van der Waals surface area contributed by atoms with Gasteiger partial charge in [0, 0.05) is 19.6 Å². The maximum Gasteiger partial charge on any atom is 0.335 e. The zero-order valence-electron chi connectivity index (χ0n) is 21.1. The van der Waals surface area contributed by atoms with Crippen molar-refractivity contribution in [3.63, 3.8) is 0 Å². The quantitative estimate of drug-likeness (QED) is 0.328. The van der Waals surface area contributed by atoms with Gasteiger partial charge >= 0.3 is 5.97 Å². The predicted octanol–water partition coefficient (Wildman–Crippen LogP) is 7.29. The summed E-state index contributed by atoms with van der Waals surface area (Å²) in [5.74, 6) is -0.678. The number of aryl methyl sites for hydroxylation is 1. The molecule has 1 N–H and O–H groups in total. The second-order valence-corrected chi connectivity index (χ2v) is 10.3. The van der Waals surface area contributed by atoms with Gasteiger partial charge in [-0.1, -0.05) is 41.9 Å². The Morgan fingerprint density at radius 2 is 1.89 bits per heavy atom. The highest BCUT2D eigenvalue weighted by atomic mass is 35.5. The Labute approximate surface area is 226 Å². The molecule has 198 valence electrons. The number of allylic oxidation sites excluding steroid dienone is 1. The van der Waals surface area contributed by atoms with Gasteiger partial charge in [-0.15, -0.1) is 0 Å². The number of ether oxygens (including phenoxy) is 1. The average Bonchev–Trinajstić information content (AvgIpc) is 3.27. The molecule has 0 bridgehead atoms. The second kappa shape index (κ2) is 11.7. The third-order valence-electron chi connectivity index (χ3n) is 7.36. The van der Waals surface area contributed by atoms with Gasteiger partial charge in [0.05, 0.1) is 17.3 Å². The number of carboxylic acid groups (broad SMARTS) is 1. The van der Waals surface area contributed by atoms with Crippen LogP contribution in [0.4, 0.5) is 8.78 Å². The molecule has 1 fully saturated rings. The SMILES string of the molecule is O=C(O)c1ccc2c(c1)CCCC(c1cccc(F)c1Cl)=C2c1ccc(OC2CCN(CCCF)C2)cc1. The molecule has 1 saturated heterocycles. The molecule has 3 aromatic rings. The highest BCUT2D eigenvalue weighted by Crippen LogP contribution is 2.42. The van der Waals surface area contributed by atoms with Gasteiger partial charge in [-0.05, 0) is 95.8 Å². The van der Waals surface area contributed by atoms with Gasteiger partial charge < -0.3 is 9.84 Å². The molecule has 1 aliphatic heterocycles. The van der Waals surface area contributed by atoms with Gasteiger partial charge in [0.15, 0.2) is 0 Å². The van der Waals surface area contributed by atoms with Gasteiger partial charge in [0.2, 0.25) is 0 Å². The first-order valence-electron chi connectivity index (χ1n) is 13.0. The van der Waals surface area contributed by atoms with E-state index in [1.54, 1.807) is 18.2 Å². The molecule has 4 nitrogen and oxygen atoms in total. The van der Waals surface area contributed by atoms with Crippen LogP contribution in [-0.2, 0) is 6.42 Å². The van der Waals surface area contributed by atoms with Crippen LogP contribution in [0, 0.1) is 5.82 Å². The molecule has 0 radical (unpaired) electrons. The molecule has 2 aliphatic rings. The van der Waals surface area contributed by atoms with Crippen LogP contribution in [0.5, 0.6) is 5.75 Å². The number of fused-ring (bicyclic) bond motifs is 1. The molecule has 0 aromatic heterocycles. The zero-order chi connectivity index (χ0) is 26.6. The molecule has 0 spiro atoms. The summed E-state index contributed by atoms with van der Waals surface area (Å²) in [5, 5.41) is 9.63. The standard InChI is InChI=1S/C31H30ClF2NO3/c32-30-27(6-2-7-28(30)34)26-5-1-4-21-18-22(31(36)37)10-13-25(21)29(26)20-8-11-23(12-9-20)38-24-14-17-35(19-24)16-3-15-33/h2,6-13,18,24H,1,3-5,14-17,19H2,(H,36,37). The molecule has 1 aliphatic carbocycles. The van der Waals surface area contributed by atoms with Crippen LogP contribution >= 0.6 is 11.6 Å². The fourth-order valence-electron chi connectivity index (χ4n) is 5.53. The maximum atomic E-state index is 14.5. The lowest BCUT2D eigenvalue weighted by molar-refractivity contribution is 0.0696. The Hall–Kier alpha value is -3.22. The van der Waals surface area contributed by atoms with E-state index in [9.17, 15) is 18.7 Å². The molecule has 1 heterocycles. The van der Waals surface area contributed by atoms with E-state index < -0.39 is 11.8 Å². The highest BCUT2D eigenvalue weighted by molar-refractivity contribution is 6.33. The lowest BCUT2D eigenvalue weighted by Gasteiger charge is -2.19. The summed E-state index contributed by atoms with van der Waals surface area (Å²) in [6.45, 7) is 2.14. The van der Waals surface area contributed by atoms with Crippen LogP contribution in [0.2, 0.25) is 5.02 Å². The van der Waals surface area contributed by atoms with Crippen LogP contribution in [-0.4, -0.2) is 48.4 Å². The number of alkyl halides is 1. The molecule has 7 heteroatoms. The number of hydrogen-bond acceptors (Lipinski definition) is 3. The van der Waals surface area contributed by atoms with Crippen molar-refractivity contribution in [3.05, 3.63) is 99.3 Å². The smallest absolute Gasteiger partial charge is 0.335 e. The van der Waals surface area contributed by atoms with E-state index in [1.165, 1.54) is 6.07 Å². The number of carboxylic acids is 1. The lowest BCUT2D eigenvalue weighted by Crippen LogP contribution is -2.26. The highest BCUT2D eigenvalue weighted by Gasteiger charge is 2.25. The number of likely N-dealkylation sites (tertiary alicyclic amines) is 1. The molecule has 5 rings (SSSR count). The van der Waals surface area contributed by atoms with Crippen molar-refractivity contribution in [2.45, 2.75) is 38.2 Å². The fourth-order valence-corrected chi connectivity index (χ4v) is 5.77. The summed E-state index contributed by atoms with van der Waals surface area (Å²) in [6.07, 6.45) is 3.67. The van der Waals surface area contributed by atoms with Gasteiger partial charge in [-0.2, -0.15) is 0 Å². The Morgan fingerprint density at radius 1 is 1.08 bits per heavy atom. The molecular formula is C31H30ClF2NO3. The Balaban J connectivity index is 1.52. The Morgan fingerprint density at radius 3 is 2.66 bits per heavy atom. The van der Waals surface area contributed by atoms with E-state index in [0.717, 1.165) is 66.1 Å². The van der Waals surface area contributed by atoms with Gasteiger partial charge in [0.25, 0.3) is 0 Å². The van der Waals surface area contributed by atoms with E-state index in [2.05, 4.69) is 4.90 Å². The topological polar surface area (TPSA) is 49.8 Å². The largest absolute Gasteiger partial charge is 0.489 e. The average molecular weight is 538 g/mol. The second-order valence-electron chi connectivity index (χ2n) is 9.88. The van der Waals surface area contributed by atoms with E-state index >= 15 is 0 Å². The minimum Gasteiger partial charge on any atom is -0.489 e. The number of nitrogens with zero attached hydrogens (tertiary/aromatic N) is 1. The Bertz CT molecular complexity index is 1360. The zero-order valence-corrected chi connectivity index (χ0v) is 21.8. The summed E-state index contributed by atoms with van der Waals surface area (Å²) in [7, 11) is 0. The normalized spacial score (nSPS) is 17.8. The van der Waals surface area contributed by atoms with Crippen LogP contribution in [0.3, 0.4) is 0 Å². The number of hydrogen-bond donors (Lipinski definition) is 1. The fraction of sp³-hybridized carbons (Fsp3) is 0.323. The van der Waals surface area contributed by atoms with Crippen molar-refractivity contribution in [1.29, 1.82) is 0 Å². The number of carbonyl (C=O) groups is 1. The van der Waals surface area contributed by atoms with Crippen molar-refractivity contribution in [2.75, 3.05) is 26.3 Å². The van der Waals surface area contributed by atoms with Crippen molar-refractivity contribution < 1.29 is 23.4 Å². The molecule has 3 aromatic carbocycles. The molecule has 0 amide bonds. The van der Waals surface area contributed by atoms with Crippen molar-refractivity contribution in [1.82, 2.24) is 4.90 Å². The predicted molar refractivity (Wildman–Crippen MR) is 146 cm³/mol. The van der Waals surface area contributed by atoms with Crippen LogP contribution in [0.15, 0.2) is 60.7 Å². The van der Waals surface area contributed by atoms with Crippen molar-refractivity contribution >= 4 is 28.7 Å². The van der Waals surface area contributed by atoms with Crippen molar-refractivity contribution in [2.24, 2.45) is 0 Å². The first kappa shape index (κ1) is 26.4. The number of rotatable bonds is 8. The number of aromatic carboxylic acids is 1. The minimum atomic E-state index is -0.965. The molecule has 1 atom stereocenters. The first-order chi connectivity index (χ1) is 18.4. The third-order valence-corrected chi connectivity index (χ3v) is 7.74. The Kier molecular flexibility index (Phi) is 8.10. The monoisotopic (exact) mass is 537 g/mol. The summed E-state index contributed by atoms with van der Waals surface area (Å²) in [5.41, 5.74) is 5.55. The third kappa shape index (κ3) is 5.62. The molecular weight excluding hydrogens is 508 g/mol. The first-order valence-corrected chi connectivity index (χ1v) is 13.4. The van der Waals surface area contributed by atoms with Crippen LogP contribution < -0.4 is 4.74 Å².